The zero-order valence-electron chi connectivity index (χ0n) is 61.9. The van der Waals surface area contributed by atoms with Crippen LogP contribution in [0.2, 0.25) is 0 Å². The van der Waals surface area contributed by atoms with Gasteiger partial charge in [0.1, 0.15) is 5.58 Å². The standard InChI is InChI=1S/C52H35NO/c1-4-15-36(16-5-1)40-23-12-24-44(33-40)53(50-28-14-27-47-46-26-13-25-45(51(46)54-52(47)50)37-17-6-2-7-18-37)43-31-29-39(30-32-43)49-35-42-22-11-10-21-41(42)34-48(49)38-19-8-3-9-20-38/h1-35H/i1D,2D,3D,4D,5D,6D,7D,8D,9D,10D,11D,12D,13D,14D,15D,16D,17D,18D,19D,20D,21D,22D,23D,24D,25D,26D,27D,28D,29D,30D,31D,32D,33D,34D,35D. The predicted octanol–water partition coefficient (Wildman–Crippen LogP) is 14.9. The van der Waals surface area contributed by atoms with Crippen LogP contribution in [0.3, 0.4) is 0 Å². The second-order valence-corrected chi connectivity index (χ2v) is 11.0. The van der Waals surface area contributed by atoms with Crippen LogP contribution in [0, 0.1) is 0 Å². The molecule has 0 amide bonds. The third-order valence-electron chi connectivity index (χ3n) is 7.93. The molecule has 9 aromatic carbocycles. The number of benzene rings is 9. The van der Waals surface area contributed by atoms with Crippen LogP contribution in [0.25, 0.3) is 77.2 Å². The van der Waals surface area contributed by atoms with Gasteiger partial charge in [0.05, 0.1) is 53.7 Å². The first-order valence-electron chi connectivity index (χ1n) is 33.1. The van der Waals surface area contributed by atoms with Crippen LogP contribution in [0.5, 0.6) is 0 Å². The lowest BCUT2D eigenvalue weighted by Crippen LogP contribution is -2.10. The minimum absolute atomic E-state index is 0.290. The Morgan fingerprint density at radius 3 is 1.48 bits per heavy atom. The van der Waals surface area contributed by atoms with Gasteiger partial charge in [0.25, 0.3) is 0 Å². The molecule has 0 aliphatic rings. The lowest BCUT2D eigenvalue weighted by Gasteiger charge is -2.26. The van der Waals surface area contributed by atoms with E-state index in [1.54, 1.807) is 0 Å². The minimum Gasteiger partial charge on any atom is -0.453 e. The van der Waals surface area contributed by atoms with E-state index in [-0.39, 0.29) is 4.90 Å². The number of rotatable bonds is 7. The maximum absolute atomic E-state index is 9.95. The van der Waals surface area contributed by atoms with E-state index in [1.165, 1.54) is 0 Å². The van der Waals surface area contributed by atoms with Gasteiger partial charge in [-0.3, -0.25) is 0 Å². The molecule has 254 valence electrons. The molecule has 0 aliphatic carbocycles. The Kier molecular flexibility index (Phi) is 2.97. The Labute approximate surface area is 364 Å². The van der Waals surface area contributed by atoms with E-state index >= 15 is 0 Å². The number of para-hydroxylation sites is 2. The summed E-state index contributed by atoms with van der Waals surface area (Å²) in [5.74, 6) is 0. The van der Waals surface area contributed by atoms with Gasteiger partial charge in [-0.1, -0.05) is 169 Å². The van der Waals surface area contributed by atoms with Gasteiger partial charge >= 0.3 is 0 Å². The molecule has 0 radical (unpaired) electrons. The van der Waals surface area contributed by atoms with Crippen LogP contribution in [0.4, 0.5) is 17.1 Å². The van der Waals surface area contributed by atoms with Gasteiger partial charge in [0, 0.05) is 27.7 Å². The van der Waals surface area contributed by atoms with E-state index in [2.05, 4.69) is 0 Å². The third kappa shape index (κ3) is 5.62. The molecule has 0 atom stereocenters. The average molecular weight is 725 g/mol. The van der Waals surface area contributed by atoms with Crippen LogP contribution in [-0.2, 0) is 0 Å². The molecule has 10 aromatic rings. The fraction of sp³-hybridized carbons (Fsp3) is 0. The minimum atomic E-state index is -1.44. The molecular weight excluding hydrogens is 655 g/mol. The van der Waals surface area contributed by atoms with Crippen molar-refractivity contribution in [2.45, 2.75) is 0 Å². The maximum Gasteiger partial charge on any atom is 0.159 e. The number of fused-ring (bicyclic) bond motifs is 4. The van der Waals surface area contributed by atoms with Crippen molar-refractivity contribution in [2.24, 2.45) is 0 Å². The Hall–Kier alpha value is -7.16. The quantitative estimate of drug-likeness (QED) is 0.163. The molecule has 1 aromatic heterocycles. The molecule has 0 aliphatic heterocycles. The lowest BCUT2D eigenvalue weighted by atomic mass is 9.91. The van der Waals surface area contributed by atoms with Crippen LogP contribution >= 0.6 is 0 Å². The zero-order chi connectivity index (χ0) is 66.3. The summed E-state index contributed by atoms with van der Waals surface area (Å²) in [5.41, 5.74) is -13.3. The topological polar surface area (TPSA) is 16.4 Å². The molecule has 54 heavy (non-hydrogen) atoms. The monoisotopic (exact) mass is 724 g/mol. The second kappa shape index (κ2) is 13.4. The van der Waals surface area contributed by atoms with Crippen LogP contribution in [-0.4, -0.2) is 0 Å². The van der Waals surface area contributed by atoms with E-state index in [0.29, 0.717) is 0 Å². The molecule has 0 saturated heterocycles. The molecule has 0 unspecified atom stereocenters. The van der Waals surface area contributed by atoms with E-state index < -0.39 is 306 Å². The largest absolute Gasteiger partial charge is 0.453 e. The molecule has 0 saturated carbocycles. The van der Waals surface area contributed by atoms with Gasteiger partial charge in [0.15, 0.2) is 5.58 Å². The van der Waals surface area contributed by atoms with Gasteiger partial charge in [-0.05, 0) is 92.0 Å². The van der Waals surface area contributed by atoms with E-state index in [1.807, 2.05) is 0 Å². The fourth-order valence-corrected chi connectivity index (χ4v) is 5.59. The van der Waals surface area contributed by atoms with Crippen molar-refractivity contribution in [3.8, 4) is 44.5 Å². The second-order valence-electron chi connectivity index (χ2n) is 11.0. The summed E-state index contributed by atoms with van der Waals surface area (Å²) in [6.07, 6.45) is 0. The van der Waals surface area contributed by atoms with Crippen LogP contribution < -0.4 is 4.90 Å². The Bertz CT molecular complexity index is 4860. The Morgan fingerprint density at radius 2 is 0.833 bits per heavy atom. The molecule has 0 spiro atoms. The molecule has 2 nitrogen and oxygen atoms in total. The van der Waals surface area contributed by atoms with Crippen molar-refractivity contribution >= 4 is 49.8 Å². The summed E-state index contributed by atoms with van der Waals surface area (Å²) in [7, 11) is 0. The zero-order valence-corrected chi connectivity index (χ0v) is 26.9. The highest BCUT2D eigenvalue weighted by Gasteiger charge is 2.21. The van der Waals surface area contributed by atoms with Crippen molar-refractivity contribution in [3.63, 3.8) is 0 Å². The molecule has 0 N–H and O–H groups in total. The normalized spacial score (nSPS) is 20.4. The Morgan fingerprint density at radius 1 is 0.333 bits per heavy atom. The molecular formula is C52H35NO. The summed E-state index contributed by atoms with van der Waals surface area (Å²) >= 11 is 0. The van der Waals surface area contributed by atoms with Gasteiger partial charge in [0.2, 0.25) is 0 Å². The van der Waals surface area contributed by atoms with Gasteiger partial charge in [-0.15, -0.1) is 0 Å². The average Bonchev–Trinajstić information content (AvgIpc) is 1.09. The number of hydrogen-bond donors (Lipinski definition) is 0. The van der Waals surface area contributed by atoms with Crippen LogP contribution in [0.1, 0.15) is 48.0 Å². The van der Waals surface area contributed by atoms with Crippen LogP contribution in [0.15, 0.2) is 216 Å². The Balaban J connectivity index is 1.47. The number of furan rings is 1. The maximum atomic E-state index is 9.95. The summed E-state index contributed by atoms with van der Waals surface area (Å²) in [6, 6.07) is -38.8. The van der Waals surface area contributed by atoms with Gasteiger partial charge < -0.3 is 9.32 Å². The summed E-state index contributed by atoms with van der Waals surface area (Å²) in [6.45, 7) is 0. The summed E-state index contributed by atoms with van der Waals surface area (Å²) < 4.78 is 322. The highest BCUT2D eigenvalue weighted by Crippen LogP contribution is 2.45. The number of hydrogen-bond acceptors (Lipinski definition) is 2. The van der Waals surface area contributed by atoms with Crippen molar-refractivity contribution in [3.05, 3.63) is 211 Å². The fourth-order valence-electron chi connectivity index (χ4n) is 5.59. The first kappa shape index (κ1) is 11.9. The van der Waals surface area contributed by atoms with E-state index in [9.17, 15) is 17.8 Å². The number of anilines is 3. The van der Waals surface area contributed by atoms with E-state index in [0.717, 1.165) is 0 Å². The van der Waals surface area contributed by atoms with Crippen molar-refractivity contribution in [1.82, 2.24) is 0 Å². The molecule has 10 rings (SSSR count). The molecule has 0 bridgehead atoms. The SMILES string of the molecule is [2H]c1c([2H])c([2H])c(-c2c([2H])c([2H])c([2H])c(N(c3c([2H])c([2H])c(-c4c(-c5c([2H])c([2H])c([2H])c([2H])c5[2H])c([2H])c5c([2H])c([2H])c([2H])c([2H])c5c4[2H])c([2H])c3[2H])c3c([2H])c([2H])c([2H])c4c3oc3c(-c5c([2H])c([2H])c([2H])c([2H])c5[2H])c([2H])c([2H])c([2H])c34)c2[2H])c([2H])c1[2H]. The highest BCUT2D eigenvalue weighted by atomic mass is 16.3. The molecule has 2 heteroatoms. The first-order valence-corrected chi connectivity index (χ1v) is 15.6. The first-order chi connectivity index (χ1) is 41.4. The van der Waals surface area contributed by atoms with Crippen molar-refractivity contribution in [2.75, 3.05) is 4.90 Å². The summed E-state index contributed by atoms with van der Waals surface area (Å²) in [4.78, 5) is 0.290. The van der Waals surface area contributed by atoms with E-state index in [4.69, 9.17) is 34.6 Å². The van der Waals surface area contributed by atoms with Crippen molar-refractivity contribution < 1.29 is 52.4 Å². The van der Waals surface area contributed by atoms with Gasteiger partial charge in [-0.2, -0.15) is 0 Å². The highest BCUT2D eigenvalue weighted by molar-refractivity contribution is 6.13. The third-order valence-corrected chi connectivity index (χ3v) is 7.93. The predicted molar refractivity (Wildman–Crippen MR) is 228 cm³/mol. The summed E-state index contributed by atoms with van der Waals surface area (Å²) in [5, 5.41) is -3.12. The van der Waals surface area contributed by atoms with Gasteiger partial charge in [-0.25, -0.2) is 0 Å². The smallest absolute Gasteiger partial charge is 0.159 e. The molecule has 0 fully saturated rings. The molecule has 1 heterocycles. The lowest BCUT2D eigenvalue weighted by molar-refractivity contribution is 0.670. The van der Waals surface area contributed by atoms with Crippen molar-refractivity contribution in [1.29, 1.82) is 0 Å². The number of nitrogens with zero attached hydrogens (tertiary/aromatic N) is 1.